The lowest BCUT2D eigenvalue weighted by Gasteiger charge is -2.05. The van der Waals surface area contributed by atoms with Gasteiger partial charge < -0.3 is 0 Å². The molecule has 0 spiro atoms. The van der Waals surface area contributed by atoms with Gasteiger partial charge in [0.1, 0.15) is 0 Å². The third-order valence-electron chi connectivity index (χ3n) is 1.80. The van der Waals surface area contributed by atoms with Gasteiger partial charge in [-0.3, -0.25) is 4.55 Å². The van der Waals surface area contributed by atoms with Crippen molar-refractivity contribution in [3.8, 4) is 0 Å². The maximum atomic E-state index is 10.3. The van der Waals surface area contributed by atoms with E-state index in [0.717, 1.165) is 12.8 Å². The molecule has 3 nitrogen and oxygen atoms in total. The summed E-state index contributed by atoms with van der Waals surface area (Å²) in [5, 5.41) is 0. The second-order valence-electron chi connectivity index (χ2n) is 2.94. The summed E-state index contributed by atoms with van der Waals surface area (Å²) in [6.45, 7) is 4.14. The first-order valence-electron chi connectivity index (χ1n) is 3.91. The van der Waals surface area contributed by atoms with Crippen molar-refractivity contribution in [2.24, 2.45) is 5.92 Å². The van der Waals surface area contributed by atoms with Gasteiger partial charge in [-0.1, -0.05) is 20.3 Å². The molecule has 68 valence electrons. The second kappa shape index (κ2) is 4.72. The van der Waals surface area contributed by atoms with E-state index in [-0.39, 0.29) is 5.75 Å². The van der Waals surface area contributed by atoms with Gasteiger partial charge in [0, 0.05) is 0 Å². The molecule has 0 aliphatic heterocycles. The van der Waals surface area contributed by atoms with E-state index in [9.17, 15) is 8.42 Å². The smallest absolute Gasteiger partial charge is 0.264 e. The Kier molecular flexibility index (Phi) is 4.68. The molecule has 0 saturated carbocycles. The molecule has 0 aliphatic rings. The quantitative estimate of drug-likeness (QED) is 0.655. The molecule has 0 aliphatic carbocycles. The van der Waals surface area contributed by atoms with Crippen LogP contribution < -0.4 is 0 Å². The van der Waals surface area contributed by atoms with Crippen LogP contribution in [0.1, 0.15) is 33.1 Å². The van der Waals surface area contributed by atoms with Crippen molar-refractivity contribution in [3.63, 3.8) is 0 Å². The van der Waals surface area contributed by atoms with E-state index < -0.39 is 10.1 Å². The number of rotatable bonds is 5. The van der Waals surface area contributed by atoms with Gasteiger partial charge in [-0.2, -0.15) is 8.42 Å². The summed E-state index contributed by atoms with van der Waals surface area (Å²) in [6, 6.07) is 0. The van der Waals surface area contributed by atoms with Crippen LogP contribution >= 0.6 is 0 Å². The predicted molar refractivity (Wildman–Crippen MR) is 45.1 cm³/mol. The van der Waals surface area contributed by atoms with Crippen LogP contribution in [0.15, 0.2) is 0 Å². The van der Waals surface area contributed by atoms with Crippen molar-refractivity contribution in [1.82, 2.24) is 0 Å². The first kappa shape index (κ1) is 10.9. The van der Waals surface area contributed by atoms with Gasteiger partial charge in [0.2, 0.25) is 0 Å². The molecule has 0 heterocycles. The summed E-state index contributed by atoms with van der Waals surface area (Å²) < 4.78 is 28.9. The van der Waals surface area contributed by atoms with Crippen LogP contribution in [0.3, 0.4) is 0 Å². The Bertz CT molecular complexity index is 184. The van der Waals surface area contributed by atoms with Crippen LogP contribution in [-0.2, 0) is 10.1 Å². The third-order valence-corrected chi connectivity index (χ3v) is 2.60. The van der Waals surface area contributed by atoms with Gasteiger partial charge in [0.15, 0.2) is 0 Å². The fourth-order valence-electron chi connectivity index (χ4n) is 0.818. The van der Waals surface area contributed by atoms with E-state index in [0.29, 0.717) is 12.3 Å². The Labute approximate surface area is 68.6 Å². The zero-order valence-electron chi connectivity index (χ0n) is 7.08. The van der Waals surface area contributed by atoms with Crippen molar-refractivity contribution in [2.75, 3.05) is 5.75 Å². The van der Waals surface area contributed by atoms with Crippen LogP contribution in [0.4, 0.5) is 0 Å². The maximum absolute atomic E-state index is 10.3. The van der Waals surface area contributed by atoms with E-state index in [1.165, 1.54) is 0 Å². The first-order chi connectivity index (χ1) is 4.95. The van der Waals surface area contributed by atoms with Crippen LogP contribution in [0.2, 0.25) is 0 Å². The van der Waals surface area contributed by atoms with E-state index in [1.54, 1.807) is 0 Å². The van der Waals surface area contributed by atoms with Gasteiger partial charge in [-0.25, -0.2) is 0 Å². The summed E-state index contributed by atoms with van der Waals surface area (Å²) in [5.41, 5.74) is 0. The van der Waals surface area contributed by atoms with E-state index in [4.69, 9.17) is 4.55 Å². The van der Waals surface area contributed by atoms with E-state index in [2.05, 4.69) is 13.8 Å². The zero-order valence-corrected chi connectivity index (χ0v) is 7.89. The topological polar surface area (TPSA) is 54.4 Å². The summed E-state index contributed by atoms with van der Waals surface area (Å²) in [6.07, 6.45) is 2.50. The molecular formula is C7H16O3S. The molecule has 0 amide bonds. The molecule has 0 unspecified atom stereocenters. The standard InChI is InChI=1S/C7H16O3S/c1-3-7(2)5-4-6-11(8,9)10/h7H,3-6H2,1-2H3,(H,8,9,10)/t7-/m0/s1. The highest BCUT2D eigenvalue weighted by molar-refractivity contribution is 7.85. The maximum Gasteiger partial charge on any atom is 0.264 e. The average molecular weight is 180 g/mol. The fraction of sp³-hybridized carbons (Fsp3) is 1.00. The molecule has 0 aromatic rings. The minimum Gasteiger partial charge on any atom is -0.286 e. The number of hydrogen-bond donors (Lipinski definition) is 1. The van der Waals surface area contributed by atoms with Crippen LogP contribution in [0.5, 0.6) is 0 Å². The molecule has 0 aromatic carbocycles. The minimum absolute atomic E-state index is 0.0999. The summed E-state index contributed by atoms with van der Waals surface area (Å²) in [7, 11) is -3.73. The molecule has 0 rings (SSSR count). The Balaban J connectivity index is 3.43. The van der Waals surface area contributed by atoms with Crippen molar-refractivity contribution in [1.29, 1.82) is 0 Å². The Hall–Kier alpha value is -0.0900. The third kappa shape index (κ3) is 7.81. The predicted octanol–water partition coefficient (Wildman–Crippen LogP) is 1.70. The zero-order chi connectivity index (χ0) is 8.91. The molecule has 1 atom stereocenters. The molecule has 1 N–H and O–H groups in total. The number of hydrogen-bond acceptors (Lipinski definition) is 2. The summed E-state index contributed by atoms with van der Waals surface area (Å²) in [4.78, 5) is 0. The Morgan fingerprint density at radius 3 is 2.36 bits per heavy atom. The molecule has 0 fully saturated rings. The van der Waals surface area contributed by atoms with Crippen LogP contribution in [-0.4, -0.2) is 18.7 Å². The van der Waals surface area contributed by atoms with Gasteiger partial charge >= 0.3 is 0 Å². The van der Waals surface area contributed by atoms with Crippen molar-refractivity contribution in [2.45, 2.75) is 33.1 Å². The van der Waals surface area contributed by atoms with Crippen LogP contribution in [0.25, 0.3) is 0 Å². The highest BCUT2D eigenvalue weighted by Crippen LogP contribution is 2.09. The average Bonchev–Trinajstić information content (AvgIpc) is 1.85. The van der Waals surface area contributed by atoms with Crippen LogP contribution in [0, 0.1) is 5.92 Å². The molecule has 4 heteroatoms. The van der Waals surface area contributed by atoms with Gasteiger partial charge in [-0.15, -0.1) is 0 Å². The van der Waals surface area contributed by atoms with Gasteiger partial charge in [0.25, 0.3) is 10.1 Å². The highest BCUT2D eigenvalue weighted by Gasteiger charge is 2.05. The lowest BCUT2D eigenvalue weighted by atomic mass is 10.0. The minimum atomic E-state index is -3.73. The van der Waals surface area contributed by atoms with Crippen molar-refractivity contribution in [3.05, 3.63) is 0 Å². The molecular weight excluding hydrogens is 164 g/mol. The second-order valence-corrected chi connectivity index (χ2v) is 4.51. The van der Waals surface area contributed by atoms with Crippen molar-refractivity contribution < 1.29 is 13.0 Å². The first-order valence-corrected chi connectivity index (χ1v) is 5.51. The lowest BCUT2D eigenvalue weighted by Crippen LogP contribution is -2.05. The molecule has 0 saturated heterocycles. The monoisotopic (exact) mass is 180 g/mol. The summed E-state index contributed by atoms with van der Waals surface area (Å²) >= 11 is 0. The van der Waals surface area contributed by atoms with Gasteiger partial charge in [0.05, 0.1) is 5.75 Å². The highest BCUT2D eigenvalue weighted by atomic mass is 32.2. The normalized spacial score (nSPS) is 14.8. The molecule has 0 aromatic heterocycles. The molecule has 0 bridgehead atoms. The Morgan fingerprint density at radius 1 is 1.45 bits per heavy atom. The van der Waals surface area contributed by atoms with Gasteiger partial charge in [-0.05, 0) is 18.8 Å². The molecule has 0 radical (unpaired) electrons. The summed E-state index contributed by atoms with van der Waals surface area (Å²) in [5.74, 6) is 0.453. The van der Waals surface area contributed by atoms with E-state index in [1.807, 2.05) is 0 Å². The molecule has 11 heavy (non-hydrogen) atoms. The van der Waals surface area contributed by atoms with Crippen molar-refractivity contribution >= 4 is 10.1 Å². The SMILES string of the molecule is CC[C@H](C)CCCS(=O)(=O)O. The largest absolute Gasteiger partial charge is 0.286 e. The lowest BCUT2D eigenvalue weighted by molar-refractivity contribution is 0.467. The Morgan fingerprint density at radius 2 is 2.00 bits per heavy atom. The fourth-order valence-corrected chi connectivity index (χ4v) is 1.35. The van der Waals surface area contributed by atoms with E-state index >= 15 is 0 Å².